The van der Waals surface area contributed by atoms with Crippen LogP contribution in [0.15, 0.2) is 53.4 Å². The number of benzene rings is 2. The molecule has 0 spiro atoms. The number of hydrogen-bond donors (Lipinski definition) is 3. The first kappa shape index (κ1) is 21.5. The molecular weight excluding hydrogens is 404 g/mol. The Morgan fingerprint density at radius 2 is 1.90 bits per heavy atom. The number of aryl methyl sites for hydroxylation is 2. The third kappa shape index (κ3) is 5.05. The van der Waals surface area contributed by atoms with Gasteiger partial charge in [-0.2, -0.15) is 5.10 Å². The monoisotopic (exact) mass is 428 g/mol. The zero-order valence-electron chi connectivity index (χ0n) is 17.0. The van der Waals surface area contributed by atoms with Gasteiger partial charge in [-0.25, -0.2) is 13.1 Å². The van der Waals surface area contributed by atoms with E-state index < -0.39 is 10.0 Å². The highest BCUT2D eigenvalue weighted by Gasteiger charge is 2.17. The van der Waals surface area contributed by atoms with E-state index in [1.165, 1.54) is 0 Å². The van der Waals surface area contributed by atoms with Crippen LogP contribution in [0.3, 0.4) is 0 Å². The van der Waals surface area contributed by atoms with Crippen LogP contribution in [-0.2, 0) is 14.8 Å². The predicted octanol–water partition coefficient (Wildman–Crippen LogP) is 3.01. The first-order valence-corrected chi connectivity index (χ1v) is 10.8. The summed E-state index contributed by atoms with van der Waals surface area (Å²) in [4.78, 5) is 12.4. The Morgan fingerprint density at radius 1 is 1.13 bits per heavy atom. The van der Waals surface area contributed by atoms with Crippen molar-refractivity contribution in [2.24, 2.45) is 0 Å². The number of hydrogen-bond acceptors (Lipinski definition) is 5. The quantitative estimate of drug-likeness (QED) is 0.510. The van der Waals surface area contributed by atoms with Crippen LogP contribution in [0, 0.1) is 13.8 Å². The molecule has 9 heteroatoms. The van der Waals surface area contributed by atoms with E-state index >= 15 is 0 Å². The lowest BCUT2D eigenvalue weighted by Crippen LogP contribution is -2.28. The maximum absolute atomic E-state index is 12.5. The van der Waals surface area contributed by atoms with Crippen LogP contribution in [0.5, 0.6) is 5.75 Å². The largest absolute Gasteiger partial charge is 0.496 e. The molecule has 0 aliphatic rings. The maximum atomic E-state index is 12.5. The van der Waals surface area contributed by atoms with Gasteiger partial charge in [-0.3, -0.25) is 9.89 Å². The fourth-order valence-electron chi connectivity index (χ4n) is 2.97. The van der Waals surface area contributed by atoms with Gasteiger partial charge in [0.1, 0.15) is 5.75 Å². The van der Waals surface area contributed by atoms with Crippen LogP contribution in [0.4, 0.5) is 5.82 Å². The number of rotatable bonds is 8. The zero-order chi connectivity index (χ0) is 21.7. The van der Waals surface area contributed by atoms with Crippen LogP contribution in [0.1, 0.15) is 17.5 Å². The molecule has 0 fully saturated rings. The Labute approximate surface area is 175 Å². The number of carbonyl (C=O) groups excluding carboxylic acids is 1. The molecule has 0 bridgehead atoms. The topological polar surface area (TPSA) is 113 Å². The van der Waals surface area contributed by atoms with Gasteiger partial charge in [0.2, 0.25) is 15.9 Å². The van der Waals surface area contributed by atoms with Gasteiger partial charge in [0, 0.05) is 24.6 Å². The average molecular weight is 429 g/mol. The van der Waals surface area contributed by atoms with Gasteiger partial charge in [0.25, 0.3) is 0 Å². The molecular formula is C21H24N4O4S. The van der Waals surface area contributed by atoms with E-state index in [0.717, 1.165) is 11.1 Å². The van der Waals surface area contributed by atoms with E-state index in [4.69, 9.17) is 4.74 Å². The minimum atomic E-state index is -3.69. The van der Waals surface area contributed by atoms with Gasteiger partial charge in [-0.1, -0.05) is 24.3 Å². The summed E-state index contributed by atoms with van der Waals surface area (Å²) in [5.41, 5.74) is 3.01. The molecule has 158 valence electrons. The average Bonchev–Trinajstić information content (AvgIpc) is 3.17. The summed E-state index contributed by atoms with van der Waals surface area (Å²) in [7, 11) is -2.11. The van der Waals surface area contributed by atoms with Crippen LogP contribution >= 0.6 is 0 Å². The number of methoxy groups -OCH3 is 1. The first-order chi connectivity index (χ1) is 14.3. The minimum absolute atomic E-state index is 0.0225. The molecule has 2 aromatic carbocycles. The van der Waals surface area contributed by atoms with Crippen molar-refractivity contribution in [3.63, 3.8) is 0 Å². The fraction of sp³-hybridized carbons (Fsp3) is 0.238. The molecule has 3 aromatic rings. The molecule has 8 nitrogen and oxygen atoms in total. The maximum Gasteiger partial charge on any atom is 0.240 e. The summed E-state index contributed by atoms with van der Waals surface area (Å²) in [6.45, 7) is 3.54. The van der Waals surface area contributed by atoms with E-state index in [1.807, 2.05) is 37.3 Å². The predicted molar refractivity (Wildman–Crippen MR) is 115 cm³/mol. The van der Waals surface area contributed by atoms with Crippen molar-refractivity contribution in [3.05, 3.63) is 59.7 Å². The molecule has 0 saturated heterocycles. The van der Waals surface area contributed by atoms with Gasteiger partial charge in [-0.05, 0) is 43.2 Å². The molecule has 1 heterocycles. The van der Waals surface area contributed by atoms with Gasteiger partial charge >= 0.3 is 0 Å². The van der Waals surface area contributed by atoms with Crippen molar-refractivity contribution in [1.29, 1.82) is 0 Å². The van der Waals surface area contributed by atoms with E-state index in [-0.39, 0.29) is 23.8 Å². The number of H-pyrrole nitrogens is 1. The molecule has 3 rings (SSSR count). The third-order valence-corrected chi connectivity index (χ3v) is 6.12. The highest BCUT2D eigenvalue weighted by Crippen LogP contribution is 2.29. The molecule has 1 amide bonds. The molecule has 3 N–H and O–H groups in total. The normalized spacial score (nSPS) is 11.3. The molecule has 0 aliphatic heterocycles. The summed E-state index contributed by atoms with van der Waals surface area (Å²) >= 11 is 0. The smallest absolute Gasteiger partial charge is 0.240 e. The van der Waals surface area contributed by atoms with Crippen LogP contribution in [0.2, 0.25) is 0 Å². The van der Waals surface area contributed by atoms with Gasteiger partial charge in [-0.15, -0.1) is 0 Å². The number of nitrogens with one attached hydrogen (secondary N) is 3. The number of carbonyl (C=O) groups is 1. The Hall–Kier alpha value is -3.17. The van der Waals surface area contributed by atoms with E-state index in [9.17, 15) is 13.2 Å². The summed E-state index contributed by atoms with van der Waals surface area (Å²) in [5, 5.41) is 9.60. The lowest BCUT2D eigenvalue weighted by Gasteiger charge is -2.10. The zero-order valence-corrected chi connectivity index (χ0v) is 17.8. The number of anilines is 1. The standard InChI is InChI=1S/C21H24N4O4S/c1-14-8-9-15(2)19(12-14)30(27,28)22-11-10-21(26)23-20-13-17(24-25-20)16-6-4-5-7-18(16)29-3/h4-9,12-13,22H,10-11H2,1-3H3,(H2,23,24,25,26). The van der Waals surface area contributed by atoms with Crippen molar-refractivity contribution in [1.82, 2.24) is 14.9 Å². The number of nitrogens with zero attached hydrogens (tertiary/aromatic N) is 1. The second kappa shape index (κ2) is 9.10. The van der Waals surface area contributed by atoms with Gasteiger partial charge in [0.15, 0.2) is 5.82 Å². The summed E-state index contributed by atoms with van der Waals surface area (Å²) in [5.74, 6) is 0.676. The summed E-state index contributed by atoms with van der Waals surface area (Å²) in [6, 6.07) is 14.4. The number of aromatic amines is 1. The molecule has 0 atom stereocenters. The second-order valence-corrected chi connectivity index (χ2v) is 8.57. The molecule has 1 aromatic heterocycles. The minimum Gasteiger partial charge on any atom is -0.496 e. The number of ether oxygens (including phenoxy) is 1. The second-order valence-electron chi connectivity index (χ2n) is 6.83. The highest BCUT2D eigenvalue weighted by molar-refractivity contribution is 7.89. The van der Waals surface area contributed by atoms with Gasteiger partial charge in [0.05, 0.1) is 17.7 Å². The number of para-hydroxylation sites is 1. The molecule has 0 aliphatic carbocycles. The Kier molecular flexibility index (Phi) is 6.53. The summed E-state index contributed by atoms with van der Waals surface area (Å²) in [6.07, 6.45) is -0.0268. The Bertz CT molecular complexity index is 1160. The number of sulfonamides is 1. The highest BCUT2D eigenvalue weighted by atomic mass is 32.2. The Morgan fingerprint density at radius 3 is 2.67 bits per heavy atom. The number of aromatic nitrogens is 2. The molecule has 30 heavy (non-hydrogen) atoms. The summed E-state index contributed by atoms with van der Waals surface area (Å²) < 4.78 is 32.8. The molecule has 0 saturated carbocycles. The van der Waals surface area contributed by atoms with Crippen molar-refractivity contribution >= 4 is 21.7 Å². The lowest BCUT2D eigenvalue weighted by atomic mass is 10.1. The van der Waals surface area contributed by atoms with Gasteiger partial charge < -0.3 is 10.1 Å². The van der Waals surface area contributed by atoms with Crippen LogP contribution in [0.25, 0.3) is 11.3 Å². The number of amides is 1. The molecule has 0 radical (unpaired) electrons. The van der Waals surface area contributed by atoms with Crippen LogP contribution < -0.4 is 14.8 Å². The lowest BCUT2D eigenvalue weighted by molar-refractivity contribution is -0.116. The van der Waals surface area contributed by atoms with Crippen molar-refractivity contribution in [3.8, 4) is 17.0 Å². The SMILES string of the molecule is COc1ccccc1-c1cc(NC(=O)CCNS(=O)(=O)c2cc(C)ccc2C)n[nH]1. The first-order valence-electron chi connectivity index (χ1n) is 9.36. The van der Waals surface area contributed by atoms with E-state index in [2.05, 4.69) is 20.2 Å². The fourth-order valence-corrected chi connectivity index (χ4v) is 4.33. The van der Waals surface area contributed by atoms with Crippen molar-refractivity contribution in [2.75, 3.05) is 19.0 Å². The Balaban J connectivity index is 1.58. The van der Waals surface area contributed by atoms with E-state index in [0.29, 0.717) is 22.8 Å². The van der Waals surface area contributed by atoms with Crippen molar-refractivity contribution in [2.45, 2.75) is 25.2 Å². The molecule has 0 unspecified atom stereocenters. The third-order valence-electron chi connectivity index (χ3n) is 4.52. The van der Waals surface area contributed by atoms with Crippen LogP contribution in [-0.4, -0.2) is 38.2 Å². The van der Waals surface area contributed by atoms with Crippen molar-refractivity contribution < 1.29 is 17.9 Å². The van der Waals surface area contributed by atoms with E-state index in [1.54, 1.807) is 32.2 Å².